The first kappa shape index (κ1) is 18.8. The molecule has 0 aromatic carbocycles. The van der Waals surface area contributed by atoms with Crippen LogP contribution in [0.15, 0.2) is 42.7 Å². The van der Waals surface area contributed by atoms with E-state index < -0.39 is 11.9 Å². The molecule has 0 spiro atoms. The van der Waals surface area contributed by atoms with Gasteiger partial charge in [-0.2, -0.15) is 13.2 Å². The Balaban J connectivity index is 1.25. The maximum atomic E-state index is 13.0. The molecule has 152 valence electrons. The second kappa shape index (κ2) is 7.25. The molecule has 0 amide bonds. The maximum absolute atomic E-state index is 13.0. The standard InChI is InChI=1S/C21H21F3N4S/c22-21(23,24)19-2-1-3-20(27-19)28-11-14-4-5-17(16(14)12-28)26-9-15-8-13-6-7-25-10-18(13)29-15/h1-3,6-8,10,14,16-17,26H,4-5,9,11-12H2. The molecule has 4 heterocycles. The Labute approximate surface area is 170 Å². The van der Waals surface area contributed by atoms with Gasteiger partial charge >= 0.3 is 6.18 Å². The number of hydrogen-bond acceptors (Lipinski definition) is 5. The number of pyridine rings is 2. The highest BCUT2D eigenvalue weighted by atomic mass is 32.1. The molecule has 1 saturated carbocycles. The third-order valence-corrected chi connectivity index (χ3v) is 7.20. The van der Waals surface area contributed by atoms with E-state index in [2.05, 4.69) is 21.4 Å². The lowest BCUT2D eigenvalue weighted by Crippen LogP contribution is -2.35. The molecule has 0 bridgehead atoms. The van der Waals surface area contributed by atoms with Crippen molar-refractivity contribution in [2.75, 3.05) is 18.0 Å². The Bertz CT molecular complexity index is 985. The Morgan fingerprint density at radius 2 is 2.07 bits per heavy atom. The van der Waals surface area contributed by atoms with Crippen molar-refractivity contribution in [3.63, 3.8) is 0 Å². The van der Waals surface area contributed by atoms with E-state index in [4.69, 9.17) is 0 Å². The van der Waals surface area contributed by atoms with Gasteiger partial charge in [-0.15, -0.1) is 11.3 Å². The van der Waals surface area contributed by atoms with E-state index in [0.29, 0.717) is 23.7 Å². The highest BCUT2D eigenvalue weighted by Crippen LogP contribution is 2.40. The summed E-state index contributed by atoms with van der Waals surface area (Å²) in [5, 5.41) is 4.92. The van der Waals surface area contributed by atoms with Gasteiger partial charge in [0.15, 0.2) is 0 Å². The van der Waals surface area contributed by atoms with Crippen LogP contribution in [-0.2, 0) is 12.7 Å². The number of alkyl halides is 3. The molecule has 3 aromatic heterocycles. The number of nitrogens with zero attached hydrogens (tertiary/aromatic N) is 3. The summed E-state index contributed by atoms with van der Waals surface area (Å²) in [6.45, 7) is 2.35. The minimum Gasteiger partial charge on any atom is -0.356 e. The molecule has 29 heavy (non-hydrogen) atoms. The molecule has 2 fully saturated rings. The van der Waals surface area contributed by atoms with Crippen molar-refractivity contribution in [1.82, 2.24) is 15.3 Å². The smallest absolute Gasteiger partial charge is 0.356 e. The van der Waals surface area contributed by atoms with Crippen LogP contribution in [0.25, 0.3) is 10.1 Å². The summed E-state index contributed by atoms with van der Waals surface area (Å²) in [5.74, 6) is 1.39. The molecule has 1 aliphatic carbocycles. The topological polar surface area (TPSA) is 41.0 Å². The quantitative estimate of drug-likeness (QED) is 0.666. The second-order valence-electron chi connectivity index (χ2n) is 7.90. The Morgan fingerprint density at radius 3 is 2.90 bits per heavy atom. The van der Waals surface area contributed by atoms with Crippen molar-refractivity contribution < 1.29 is 13.2 Å². The first-order chi connectivity index (χ1) is 14.0. The largest absolute Gasteiger partial charge is 0.433 e. The molecule has 2 aliphatic rings. The van der Waals surface area contributed by atoms with Crippen LogP contribution >= 0.6 is 11.3 Å². The summed E-state index contributed by atoms with van der Waals surface area (Å²) in [7, 11) is 0. The molecule has 1 N–H and O–H groups in total. The van der Waals surface area contributed by atoms with Crippen LogP contribution in [0, 0.1) is 11.8 Å². The fourth-order valence-electron chi connectivity index (χ4n) is 4.72. The number of anilines is 1. The lowest BCUT2D eigenvalue weighted by molar-refractivity contribution is -0.141. The Hall–Kier alpha value is -2.19. The van der Waals surface area contributed by atoms with Crippen molar-refractivity contribution in [1.29, 1.82) is 0 Å². The number of hydrogen-bond donors (Lipinski definition) is 1. The van der Waals surface area contributed by atoms with E-state index in [1.807, 2.05) is 23.4 Å². The van der Waals surface area contributed by atoms with E-state index in [9.17, 15) is 13.2 Å². The monoisotopic (exact) mass is 418 g/mol. The van der Waals surface area contributed by atoms with E-state index in [1.54, 1.807) is 17.4 Å². The van der Waals surface area contributed by atoms with Gasteiger partial charge in [-0.3, -0.25) is 4.98 Å². The highest BCUT2D eigenvalue weighted by Gasteiger charge is 2.43. The van der Waals surface area contributed by atoms with Crippen LogP contribution < -0.4 is 10.2 Å². The summed E-state index contributed by atoms with van der Waals surface area (Å²) in [4.78, 5) is 11.3. The molecule has 1 aliphatic heterocycles. The first-order valence-corrected chi connectivity index (χ1v) is 10.6. The number of thiophene rings is 1. The SMILES string of the molecule is FC(F)(F)c1cccc(N2CC3CCC(NCc4cc5ccncc5s4)C3C2)n1. The number of rotatable bonds is 4. The zero-order valence-corrected chi connectivity index (χ0v) is 16.5. The van der Waals surface area contributed by atoms with Crippen LogP contribution in [0.2, 0.25) is 0 Å². The van der Waals surface area contributed by atoms with Gasteiger partial charge in [-0.05, 0) is 54.3 Å². The third kappa shape index (κ3) is 3.71. The molecule has 3 atom stereocenters. The van der Waals surface area contributed by atoms with E-state index in [0.717, 1.165) is 38.5 Å². The molecule has 1 saturated heterocycles. The van der Waals surface area contributed by atoms with Gasteiger partial charge in [0.2, 0.25) is 0 Å². The zero-order valence-electron chi connectivity index (χ0n) is 15.7. The lowest BCUT2D eigenvalue weighted by Gasteiger charge is -2.23. The van der Waals surface area contributed by atoms with Gasteiger partial charge in [0.25, 0.3) is 0 Å². The van der Waals surface area contributed by atoms with Crippen LogP contribution in [0.1, 0.15) is 23.4 Å². The summed E-state index contributed by atoms with van der Waals surface area (Å²) < 4.78 is 40.2. The predicted octanol–water partition coefficient (Wildman–Crippen LogP) is 4.71. The summed E-state index contributed by atoms with van der Waals surface area (Å²) in [6.07, 6.45) is 1.52. The molecule has 3 unspecified atom stereocenters. The van der Waals surface area contributed by atoms with Crippen molar-refractivity contribution >= 4 is 27.2 Å². The van der Waals surface area contributed by atoms with Crippen molar-refractivity contribution in [2.24, 2.45) is 11.8 Å². The van der Waals surface area contributed by atoms with Crippen LogP contribution in [-0.4, -0.2) is 29.1 Å². The predicted molar refractivity (Wildman–Crippen MR) is 108 cm³/mol. The van der Waals surface area contributed by atoms with Crippen LogP contribution in [0.3, 0.4) is 0 Å². The number of halogens is 3. The zero-order chi connectivity index (χ0) is 20.0. The Kier molecular flexibility index (Phi) is 4.70. The normalized spacial score (nSPS) is 24.4. The van der Waals surface area contributed by atoms with Crippen molar-refractivity contribution in [2.45, 2.75) is 31.6 Å². The molecule has 5 rings (SSSR count). The fourth-order valence-corrected chi connectivity index (χ4v) is 5.70. The summed E-state index contributed by atoms with van der Waals surface area (Å²) in [6, 6.07) is 8.78. The molecular weight excluding hydrogens is 397 g/mol. The molecule has 8 heteroatoms. The highest BCUT2D eigenvalue weighted by molar-refractivity contribution is 7.19. The fraction of sp³-hybridized carbons (Fsp3) is 0.429. The average molecular weight is 418 g/mol. The maximum Gasteiger partial charge on any atom is 0.433 e. The number of aromatic nitrogens is 2. The first-order valence-electron chi connectivity index (χ1n) is 9.82. The second-order valence-corrected chi connectivity index (χ2v) is 9.07. The van der Waals surface area contributed by atoms with E-state index >= 15 is 0 Å². The van der Waals surface area contributed by atoms with Gasteiger partial charge in [-0.25, -0.2) is 4.98 Å². The lowest BCUT2D eigenvalue weighted by atomic mass is 9.98. The average Bonchev–Trinajstić information content (AvgIpc) is 3.39. The minimum absolute atomic E-state index is 0.388. The van der Waals surface area contributed by atoms with Gasteiger partial charge < -0.3 is 10.2 Å². The third-order valence-electron chi connectivity index (χ3n) is 6.12. The van der Waals surface area contributed by atoms with Crippen LogP contribution in [0.5, 0.6) is 0 Å². The summed E-state index contributed by atoms with van der Waals surface area (Å²) >= 11 is 1.76. The number of fused-ring (bicyclic) bond motifs is 2. The van der Waals surface area contributed by atoms with Gasteiger partial charge in [-0.1, -0.05) is 6.07 Å². The Morgan fingerprint density at radius 1 is 1.17 bits per heavy atom. The molecule has 0 radical (unpaired) electrons. The summed E-state index contributed by atoms with van der Waals surface area (Å²) in [5.41, 5.74) is -0.819. The van der Waals surface area contributed by atoms with Gasteiger partial charge in [0.05, 0.1) is 4.70 Å². The molecular formula is C21H21F3N4S. The van der Waals surface area contributed by atoms with Crippen molar-refractivity contribution in [3.8, 4) is 0 Å². The van der Waals surface area contributed by atoms with Crippen molar-refractivity contribution in [3.05, 3.63) is 53.3 Å². The number of nitrogens with one attached hydrogen (secondary N) is 1. The van der Waals surface area contributed by atoms with Gasteiger partial charge in [0, 0.05) is 42.9 Å². The van der Waals surface area contributed by atoms with E-state index in [1.165, 1.54) is 21.0 Å². The molecule has 3 aromatic rings. The van der Waals surface area contributed by atoms with E-state index in [-0.39, 0.29) is 0 Å². The van der Waals surface area contributed by atoms with Crippen LogP contribution in [0.4, 0.5) is 19.0 Å². The minimum atomic E-state index is -4.41. The van der Waals surface area contributed by atoms with Gasteiger partial charge in [0.1, 0.15) is 11.5 Å². The molecule has 4 nitrogen and oxygen atoms in total.